The molecule has 5 atom stereocenters. The zero-order chi connectivity index (χ0) is 19.6. The van der Waals surface area contributed by atoms with E-state index in [1.54, 1.807) is 12.1 Å². The van der Waals surface area contributed by atoms with E-state index < -0.39 is 37.1 Å². The summed E-state index contributed by atoms with van der Waals surface area (Å²) in [5.41, 5.74) is 1.59. The van der Waals surface area contributed by atoms with Crippen molar-refractivity contribution in [1.29, 1.82) is 5.26 Å². The lowest BCUT2D eigenvalue weighted by molar-refractivity contribution is -0.231. The topological polar surface area (TPSA) is 114 Å². The summed E-state index contributed by atoms with van der Waals surface area (Å²) in [5.74, 6) is 0.606. The SMILES string of the molecule is N#CC1CCC(Cc2cc([C@@H]3O[C@H](CO)[C@@H](O)[C@H](O)[C@H]3O)ccc2Cl)CC1. The van der Waals surface area contributed by atoms with Crippen LogP contribution in [-0.4, -0.2) is 51.4 Å². The minimum Gasteiger partial charge on any atom is -0.394 e. The van der Waals surface area contributed by atoms with E-state index in [1.165, 1.54) is 0 Å². The first-order valence-corrected chi connectivity index (χ1v) is 9.80. The van der Waals surface area contributed by atoms with Gasteiger partial charge in [0.2, 0.25) is 0 Å². The van der Waals surface area contributed by atoms with Crippen LogP contribution < -0.4 is 0 Å². The number of hydrogen-bond donors (Lipinski definition) is 4. The molecule has 0 spiro atoms. The standard InChI is InChI=1S/C20H26ClNO5/c21-15-6-5-13(20-19(26)18(25)17(24)16(10-23)27-20)8-14(15)7-11-1-3-12(9-22)4-2-11/h5-6,8,11-12,16-20,23-26H,1-4,7,10H2/t11?,12?,16-,17-,18+,19-,20+/m1/s1. The van der Waals surface area contributed by atoms with Crippen LogP contribution in [0, 0.1) is 23.2 Å². The molecule has 7 heteroatoms. The molecule has 1 saturated heterocycles. The summed E-state index contributed by atoms with van der Waals surface area (Å²) >= 11 is 6.37. The maximum absolute atomic E-state index is 10.3. The Morgan fingerprint density at radius 3 is 2.41 bits per heavy atom. The minimum atomic E-state index is -1.40. The number of halogens is 1. The summed E-state index contributed by atoms with van der Waals surface area (Å²) < 4.78 is 5.64. The molecule has 1 aliphatic heterocycles. The second-order valence-corrected chi connectivity index (χ2v) is 8.06. The molecule has 0 aromatic heterocycles. The molecule has 6 nitrogen and oxygen atoms in total. The quantitative estimate of drug-likeness (QED) is 0.617. The first-order valence-electron chi connectivity index (χ1n) is 9.43. The Balaban J connectivity index is 1.76. The van der Waals surface area contributed by atoms with Crippen molar-refractivity contribution in [3.8, 4) is 6.07 Å². The molecule has 0 radical (unpaired) electrons. The molecule has 1 aromatic rings. The second-order valence-electron chi connectivity index (χ2n) is 7.65. The minimum absolute atomic E-state index is 0.150. The van der Waals surface area contributed by atoms with Gasteiger partial charge in [0.15, 0.2) is 0 Å². The third-order valence-electron chi connectivity index (χ3n) is 5.83. The zero-order valence-corrected chi connectivity index (χ0v) is 15.8. The number of nitrogens with zero attached hydrogens (tertiary/aromatic N) is 1. The molecule has 2 aliphatic rings. The molecule has 0 amide bonds. The highest BCUT2D eigenvalue weighted by Gasteiger charge is 2.44. The van der Waals surface area contributed by atoms with Crippen LogP contribution in [0.15, 0.2) is 18.2 Å². The van der Waals surface area contributed by atoms with Crippen molar-refractivity contribution in [1.82, 2.24) is 0 Å². The van der Waals surface area contributed by atoms with E-state index in [1.807, 2.05) is 6.07 Å². The molecule has 0 bridgehead atoms. The number of benzene rings is 1. The van der Waals surface area contributed by atoms with Gasteiger partial charge in [0.1, 0.15) is 30.5 Å². The van der Waals surface area contributed by atoms with Gasteiger partial charge >= 0.3 is 0 Å². The third kappa shape index (κ3) is 4.45. The van der Waals surface area contributed by atoms with Gasteiger partial charge in [-0.25, -0.2) is 0 Å². The van der Waals surface area contributed by atoms with E-state index in [9.17, 15) is 20.4 Å². The van der Waals surface area contributed by atoms with Crippen molar-refractivity contribution in [2.24, 2.45) is 11.8 Å². The summed E-state index contributed by atoms with van der Waals surface area (Å²) in [4.78, 5) is 0. The van der Waals surface area contributed by atoms with E-state index in [2.05, 4.69) is 6.07 Å². The Labute approximate surface area is 164 Å². The van der Waals surface area contributed by atoms with Crippen LogP contribution in [0.3, 0.4) is 0 Å². The average Bonchev–Trinajstić information content (AvgIpc) is 2.69. The lowest BCUT2D eigenvalue weighted by atomic mass is 9.79. The van der Waals surface area contributed by atoms with Crippen molar-refractivity contribution in [3.63, 3.8) is 0 Å². The lowest BCUT2D eigenvalue weighted by Crippen LogP contribution is -2.55. The molecular weight excluding hydrogens is 370 g/mol. The van der Waals surface area contributed by atoms with Gasteiger partial charge in [0.25, 0.3) is 0 Å². The van der Waals surface area contributed by atoms with Gasteiger partial charge in [-0.15, -0.1) is 0 Å². The Kier molecular flexibility index (Phi) is 6.74. The predicted molar refractivity (Wildman–Crippen MR) is 98.9 cm³/mol. The first kappa shape index (κ1) is 20.5. The molecule has 2 fully saturated rings. The second kappa shape index (κ2) is 8.87. The molecular formula is C20H26ClNO5. The van der Waals surface area contributed by atoms with Crippen molar-refractivity contribution >= 4 is 11.6 Å². The van der Waals surface area contributed by atoms with Crippen molar-refractivity contribution in [2.45, 2.75) is 62.6 Å². The van der Waals surface area contributed by atoms with E-state index >= 15 is 0 Å². The smallest absolute Gasteiger partial charge is 0.113 e. The predicted octanol–water partition coefficient (Wildman–Crippen LogP) is 1.73. The number of nitriles is 1. The number of hydrogen-bond acceptors (Lipinski definition) is 6. The lowest BCUT2D eigenvalue weighted by Gasteiger charge is -2.40. The van der Waals surface area contributed by atoms with Crippen LogP contribution >= 0.6 is 11.6 Å². The van der Waals surface area contributed by atoms with Crippen LogP contribution in [0.1, 0.15) is 42.9 Å². The fourth-order valence-electron chi connectivity index (χ4n) is 4.11. The van der Waals surface area contributed by atoms with Crippen LogP contribution in [0.4, 0.5) is 0 Å². The van der Waals surface area contributed by atoms with Crippen LogP contribution in [0.2, 0.25) is 5.02 Å². The first-order chi connectivity index (χ1) is 12.9. The number of aliphatic hydroxyl groups is 4. The highest BCUT2D eigenvalue weighted by atomic mass is 35.5. The third-order valence-corrected chi connectivity index (χ3v) is 6.20. The molecule has 3 rings (SSSR count). The van der Waals surface area contributed by atoms with Crippen molar-refractivity contribution in [3.05, 3.63) is 34.3 Å². The summed E-state index contributed by atoms with van der Waals surface area (Å²) in [5, 5.41) is 49.3. The van der Waals surface area contributed by atoms with E-state index in [0.717, 1.165) is 37.7 Å². The van der Waals surface area contributed by atoms with Gasteiger partial charge < -0.3 is 25.2 Å². The van der Waals surface area contributed by atoms with Gasteiger partial charge in [-0.2, -0.15) is 5.26 Å². The molecule has 1 aliphatic carbocycles. The summed E-state index contributed by atoms with van der Waals surface area (Å²) in [6.45, 7) is -0.454. The Bertz CT molecular complexity index is 683. The van der Waals surface area contributed by atoms with E-state index in [-0.39, 0.29) is 5.92 Å². The largest absolute Gasteiger partial charge is 0.394 e. The van der Waals surface area contributed by atoms with Gasteiger partial charge in [-0.05, 0) is 55.2 Å². The number of rotatable bonds is 4. The normalized spacial score (nSPS) is 37.0. The van der Waals surface area contributed by atoms with Crippen molar-refractivity contribution < 1.29 is 25.2 Å². The Morgan fingerprint density at radius 1 is 1.07 bits per heavy atom. The molecule has 4 N–H and O–H groups in total. The Morgan fingerprint density at radius 2 is 1.78 bits per heavy atom. The highest BCUT2D eigenvalue weighted by Crippen LogP contribution is 2.36. The average molecular weight is 396 g/mol. The molecule has 27 heavy (non-hydrogen) atoms. The van der Waals surface area contributed by atoms with Gasteiger partial charge in [0.05, 0.1) is 12.7 Å². The molecule has 1 heterocycles. The summed E-state index contributed by atoms with van der Waals surface area (Å²) in [7, 11) is 0. The van der Waals surface area contributed by atoms with Gasteiger partial charge in [-0.1, -0.05) is 23.7 Å². The maximum atomic E-state index is 10.3. The molecule has 1 saturated carbocycles. The maximum Gasteiger partial charge on any atom is 0.113 e. The molecule has 0 unspecified atom stereocenters. The molecule has 1 aromatic carbocycles. The monoisotopic (exact) mass is 395 g/mol. The summed E-state index contributed by atoms with van der Waals surface area (Å²) in [6, 6.07) is 7.68. The summed E-state index contributed by atoms with van der Waals surface area (Å²) in [6.07, 6.45) is -1.30. The van der Waals surface area contributed by atoms with Gasteiger partial charge in [-0.3, -0.25) is 0 Å². The highest BCUT2D eigenvalue weighted by molar-refractivity contribution is 6.31. The fraction of sp³-hybridized carbons (Fsp3) is 0.650. The van der Waals surface area contributed by atoms with Crippen LogP contribution in [-0.2, 0) is 11.2 Å². The molecule has 148 valence electrons. The number of ether oxygens (including phenoxy) is 1. The van der Waals surface area contributed by atoms with E-state index in [4.69, 9.17) is 21.6 Å². The van der Waals surface area contributed by atoms with Gasteiger partial charge in [0, 0.05) is 10.9 Å². The Hall–Kier alpha value is -1.20. The number of aliphatic hydroxyl groups excluding tert-OH is 4. The van der Waals surface area contributed by atoms with Crippen molar-refractivity contribution in [2.75, 3.05) is 6.61 Å². The van der Waals surface area contributed by atoms with E-state index in [0.29, 0.717) is 16.5 Å². The van der Waals surface area contributed by atoms with Crippen LogP contribution in [0.25, 0.3) is 0 Å². The zero-order valence-electron chi connectivity index (χ0n) is 15.0. The van der Waals surface area contributed by atoms with Crippen LogP contribution in [0.5, 0.6) is 0 Å². The fourth-order valence-corrected chi connectivity index (χ4v) is 4.31.